The van der Waals surface area contributed by atoms with Gasteiger partial charge in [-0.1, -0.05) is 43.2 Å². The fourth-order valence-electron chi connectivity index (χ4n) is 9.26. The average Bonchev–Trinajstić information content (AvgIpc) is 3.75. The van der Waals surface area contributed by atoms with Crippen LogP contribution in [0, 0.1) is 18.7 Å². The van der Waals surface area contributed by atoms with Crippen molar-refractivity contribution in [1.29, 1.82) is 0 Å². The van der Waals surface area contributed by atoms with E-state index in [9.17, 15) is 28.4 Å². The Morgan fingerprint density at radius 3 is 2.35 bits per heavy atom. The van der Waals surface area contributed by atoms with Crippen LogP contribution < -0.4 is 20.9 Å². The first-order valence-corrected chi connectivity index (χ1v) is 21.5. The monoisotopic (exact) mass is 822 g/mol. The number of anilines is 2. The fraction of sp³-hybridized carbons (Fsp3) is 0.500. The molecular weight excluding hydrogens is 764 g/mol. The number of amides is 5. The van der Waals surface area contributed by atoms with Gasteiger partial charge in [0.1, 0.15) is 11.9 Å². The van der Waals surface area contributed by atoms with Crippen LogP contribution in [0.3, 0.4) is 0 Å². The number of imide groups is 2. The highest BCUT2D eigenvalue weighted by atomic mass is 19.1. The van der Waals surface area contributed by atoms with Crippen LogP contribution in [0.25, 0.3) is 0 Å². The molecular formula is C46H59FN8O5. The summed E-state index contributed by atoms with van der Waals surface area (Å²) >= 11 is 0. The molecule has 3 saturated heterocycles. The van der Waals surface area contributed by atoms with Crippen molar-refractivity contribution in [2.75, 3.05) is 83.2 Å². The minimum Gasteiger partial charge on any atom is -0.375 e. The SMILES string of the molecule is Cc1cccc(F)c1CN1CC(Cc2ccc(N3CCN(CCCCCCNC(=O)CNc4cccc5c4C(=O)N(C4CCC(=O)NC4=O)C5=O)CC3)cc2)[C@@H](N(C)C)C1. The van der Waals surface area contributed by atoms with Crippen molar-refractivity contribution in [3.63, 3.8) is 0 Å². The van der Waals surface area contributed by atoms with Crippen molar-refractivity contribution in [3.8, 4) is 0 Å². The first-order chi connectivity index (χ1) is 29.0. The van der Waals surface area contributed by atoms with Gasteiger partial charge in [-0.2, -0.15) is 0 Å². The lowest BCUT2D eigenvalue weighted by Crippen LogP contribution is -2.54. The van der Waals surface area contributed by atoms with E-state index in [0.717, 1.165) is 93.9 Å². The molecule has 4 heterocycles. The summed E-state index contributed by atoms with van der Waals surface area (Å²) < 4.78 is 14.6. The summed E-state index contributed by atoms with van der Waals surface area (Å²) in [6, 6.07) is 18.6. The van der Waals surface area contributed by atoms with Crippen molar-refractivity contribution in [1.82, 2.24) is 30.2 Å². The van der Waals surface area contributed by atoms with E-state index in [-0.39, 0.29) is 42.2 Å². The lowest BCUT2D eigenvalue weighted by atomic mass is 9.94. The number of carbonyl (C=O) groups excluding carboxylic acids is 5. The van der Waals surface area contributed by atoms with Gasteiger partial charge in [-0.15, -0.1) is 0 Å². The normalized spacial score (nSPS) is 21.2. The zero-order valence-electron chi connectivity index (χ0n) is 35.2. The molecule has 3 aromatic rings. The summed E-state index contributed by atoms with van der Waals surface area (Å²) in [7, 11) is 4.31. The van der Waals surface area contributed by atoms with Crippen molar-refractivity contribution in [2.45, 2.75) is 70.5 Å². The Kier molecular flexibility index (Phi) is 13.9. The molecule has 60 heavy (non-hydrogen) atoms. The molecule has 3 atom stereocenters. The summed E-state index contributed by atoms with van der Waals surface area (Å²) in [5.41, 5.74) is 5.10. The van der Waals surface area contributed by atoms with Gasteiger partial charge in [0.15, 0.2) is 0 Å². The van der Waals surface area contributed by atoms with Gasteiger partial charge in [0, 0.05) is 81.8 Å². The summed E-state index contributed by atoms with van der Waals surface area (Å²) in [6.07, 6.45) is 5.21. The highest BCUT2D eigenvalue weighted by molar-refractivity contribution is 6.25. The van der Waals surface area contributed by atoms with Crippen LogP contribution in [-0.2, 0) is 27.3 Å². The van der Waals surface area contributed by atoms with Gasteiger partial charge in [-0.3, -0.25) is 44.0 Å². The number of fused-ring (bicyclic) bond motifs is 1. The number of nitrogens with zero attached hydrogens (tertiary/aromatic N) is 5. The average molecular weight is 823 g/mol. The summed E-state index contributed by atoms with van der Waals surface area (Å²) in [4.78, 5) is 73.6. The molecule has 4 aliphatic heterocycles. The molecule has 0 aromatic heterocycles. The van der Waals surface area contributed by atoms with Crippen LogP contribution in [0.2, 0.25) is 0 Å². The number of aryl methyl sites for hydroxylation is 1. The molecule has 7 rings (SSSR count). The maximum atomic E-state index is 14.6. The smallest absolute Gasteiger partial charge is 0.264 e. The van der Waals surface area contributed by atoms with E-state index in [1.807, 2.05) is 13.0 Å². The molecule has 0 saturated carbocycles. The van der Waals surface area contributed by atoms with Gasteiger partial charge in [-0.25, -0.2) is 4.39 Å². The molecule has 0 bridgehead atoms. The number of likely N-dealkylation sites (tertiary alicyclic amines) is 1. The van der Waals surface area contributed by atoms with Gasteiger partial charge in [-0.05, 0) is 101 Å². The predicted molar refractivity (Wildman–Crippen MR) is 229 cm³/mol. The zero-order chi connectivity index (χ0) is 42.3. The lowest BCUT2D eigenvalue weighted by molar-refractivity contribution is -0.136. The van der Waals surface area contributed by atoms with Gasteiger partial charge >= 0.3 is 0 Å². The number of benzene rings is 3. The third kappa shape index (κ3) is 10.0. The maximum Gasteiger partial charge on any atom is 0.264 e. The molecule has 320 valence electrons. The van der Waals surface area contributed by atoms with Crippen molar-refractivity contribution in [3.05, 3.63) is 94.3 Å². The minimum absolute atomic E-state index is 0.0475. The molecule has 4 aliphatic rings. The van der Waals surface area contributed by atoms with E-state index in [2.05, 4.69) is 73.9 Å². The summed E-state index contributed by atoms with van der Waals surface area (Å²) in [5, 5.41) is 8.12. The van der Waals surface area contributed by atoms with Crippen LogP contribution in [0.1, 0.15) is 75.9 Å². The maximum absolute atomic E-state index is 14.6. The number of hydrogen-bond donors (Lipinski definition) is 3. The quantitative estimate of drug-likeness (QED) is 0.135. The Morgan fingerprint density at radius 2 is 1.62 bits per heavy atom. The largest absolute Gasteiger partial charge is 0.375 e. The van der Waals surface area contributed by atoms with E-state index in [1.165, 1.54) is 17.3 Å². The third-order valence-electron chi connectivity index (χ3n) is 12.7. The predicted octanol–water partition coefficient (Wildman–Crippen LogP) is 4.05. The molecule has 0 spiro atoms. The van der Waals surface area contributed by atoms with E-state index in [1.54, 1.807) is 24.3 Å². The molecule has 2 unspecified atom stereocenters. The highest BCUT2D eigenvalue weighted by Crippen LogP contribution is 2.33. The number of nitrogens with one attached hydrogen (secondary N) is 3. The number of piperazine rings is 1. The van der Waals surface area contributed by atoms with E-state index in [0.29, 0.717) is 30.7 Å². The number of piperidine rings is 1. The highest BCUT2D eigenvalue weighted by Gasteiger charge is 2.45. The number of rotatable bonds is 17. The molecule has 3 aromatic carbocycles. The first kappa shape index (κ1) is 42.9. The van der Waals surface area contributed by atoms with Crippen molar-refractivity contribution < 1.29 is 28.4 Å². The Balaban J connectivity index is 0.762. The summed E-state index contributed by atoms with van der Waals surface area (Å²) in [5.74, 6) is -2.13. The Hall–Kier alpha value is -5.18. The molecule has 5 amide bonds. The standard InChI is InChI=1S/C46H59FN8O5/c1-31-10-8-12-37(47)36(31)29-53-28-33(40(30-53)51(2)3)26-32-14-16-34(17-15-32)54-24-22-52(23-25-54)21-7-5-4-6-20-48-42(57)27-49-38-13-9-11-35-43(38)46(60)55(45(35)59)39-18-19-41(56)50-44(39)58/h8-17,33,39-40,49H,4-7,18-30H2,1-3H3,(H,48,57)(H,50,56,58)/t33?,39?,40-/m0/s1. The number of likely N-dealkylation sites (N-methyl/N-ethyl adjacent to an activating group) is 1. The van der Waals surface area contributed by atoms with Crippen LogP contribution >= 0.6 is 0 Å². The molecule has 3 fully saturated rings. The minimum atomic E-state index is -1.05. The molecule has 0 radical (unpaired) electrons. The Labute approximate surface area is 352 Å². The Bertz CT molecular complexity index is 2030. The van der Waals surface area contributed by atoms with Gasteiger partial charge in [0.25, 0.3) is 11.8 Å². The van der Waals surface area contributed by atoms with Crippen molar-refractivity contribution >= 4 is 40.9 Å². The van der Waals surface area contributed by atoms with Gasteiger partial charge < -0.3 is 20.4 Å². The second kappa shape index (κ2) is 19.5. The summed E-state index contributed by atoms with van der Waals surface area (Å²) in [6.45, 7) is 10.2. The van der Waals surface area contributed by atoms with Crippen LogP contribution in [-0.4, -0.2) is 134 Å². The topological polar surface area (TPSA) is 138 Å². The fourth-order valence-corrected chi connectivity index (χ4v) is 9.26. The zero-order valence-corrected chi connectivity index (χ0v) is 35.2. The lowest BCUT2D eigenvalue weighted by Gasteiger charge is -2.36. The molecule has 14 heteroatoms. The Morgan fingerprint density at radius 1 is 0.867 bits per heavy atom. The van der Waals surface area contributed by atoms with Gasteiger partial charge in [0.2, 0.25) is 17.7 Å². The van der Waals surface area contributed by atoms with E-state index < -0.39 is 29.7 Å². The van der Waals surface area contributed by atoms with Crippen molar-refractivity contribution in [2.24, 2.45) is 5.92 Å². The van der Waals surface area contributed by atoms with Gasteiger partial charge in [0.05, 0.1) is 17.7 Å². The third-order valence-corrected chi connectivity index (χ3v) is 12.7. The number of carbonyl (C=O) groups is 5. The van der Waals surface area contributed by atoms with E-state index >= 15 is 0 Å². The second-order valence-corrected chi connectivity index (χ2v) is 17.0. The van der Waals surface area contributed by atoms with Crippen LogP contribution in [0.15, 0.2) is 60.7 Å². The molecule has 0 aliphatic carbocycles. The second-order valence-electron chi connectivity index (χ2n) is 17.0. The van der Waals surface area contributed by atoms with E-state index in [4.69, 9.17) is 0 Å². The molecule has 13 nitrogen and oxygen atoms in total. The van der Waals surface area contributed by atoms with Crippen LogP contribution in [0.5, 0.6) is 0 Å². The first-order valence-electron chi connectivity index (χ1n) is 21.5. The number of halogens is 1. The van der Waals surface area contributed by atoms with Crippen LogP contribution in [0.4, 0.5) is 15.8 Å². The number of unbranched alkanes of at least 4 members (excludes halogenated alkanes) is 3. The number of hydrogen-bond acceptors (Lipinski definition) is 10. The molecule has 3 N–H and O–H groups in total.